The molecule has 1 aliphatic heterocycles. The van der Waals surface area contributed by atoms with Crippen LogP contribution in [0.1, 0.15) is 15.9 Å². The second-order valence-electron chi connectivity index (χ2n) is 6.03. The Balaban J connectivity index is 1.64. The van der Waals surface area contributed by atoms with E-state index in [1.54, 1.807) is 44.4 Å². The number of amides is 1. The van der Waals surface area contributed by atoms with Crippen LogP contribution in [0.3, 0.4) is 0 Å². The summed E-state index contributed by atoms with van der Waals surface area (Å²) in [4.78, 5) is 25.4. The number of allylic oxidation sites excluding steroid dienone is 1. The highest BCUT2D eigenvalue weighted by Gasteiger charge is 2.15. The number of nitrogens with zero attached hydrogens (tertiary/aromatic N) is 1. The van der Waals surface area contributed by atoms with Crippen LogP contribution in [0.25, 0.3) is 6.08 Å². The fourth-order valence-corrected chi connectivity index (χ4v) is 2.77. The van der Waals surface area contributed by atoms with E-state index >= 15 is 0 Å². The lowest BCUT2D eigenvalue weighted by Crippen LogP contribution is -2.27. The van der Waals surface area contributed by atoms with E-state index in [2.05, 4.69) is 15.9 Å². The maximum Gasteiger partial charge on any atom is 0.259 e. The third-order valence-electron chi connectivity index (χ3n) is 3.91. The average Bonchev–Trinajstić information content (AvgIpc) is 3.11. The Morgan fingerprint density at radius 1 is 1.15 bits per heavy atom. The second-order valence-corrected chi connectivity index (χ2v) is 6.88. The fraction of sp³-hybridized carbons (Fsp3) is 0.200. The number of fused-ring (bicyclic) bond motifs is 1. The molecule has 0 saturated carbocycles. The molecule has 3 rings (SSSR count). The van der Waals surface area contributed by atoms with E-state index in [0.717, 1.165) is 10.0 Å². The van der Waals surface area contributed by atoms with Gasteiger partial charge < -0.3 is 19.1 Å². The molecular weight excluding hydrogens is 414 g/mol. The summed E-state index contributed by atoms with van der Waals surface area (Å²) in [5.74, 6) is 1.58. The Morgan fingerprint density at radius 2 is 1.81 bits per heavy atom. The standard InChI is InChI=1S/C20H18BrNO5/c1-22(2)20(24)11-25-15-6-3-13(4-7-15)17(23)8-5-14-9-18-19(10-16(14)21)27-12-26-18/h3-10H,11-12H2,1-2H3/b8-5+. The van der Waals surface area contributed by atoms with E-state index in [4.69, 9.17) is 14.2 Å². The average molecular weight is 432 g/mol. The van der Waals surface area contributed by atoms with Gasteiger partial charge >= 0.3 is 0 Å². The molecule has 27 heavy (non-hydrogen) atoms. The van der Waals surface area contributed by atoms with Gasteiger partial charge in [0.2, 0.25) is 6.79 Å². The number of carbonyl (C=O) groups excluding carboxylic acids is 2. The van der Waals surface area contributed by atoms with Gasteiger partial charge in [-0.15, -0.1) is 0 Å². The molecule has 2 aromatic rings. The SMILES string of the molecule is CN(C)C(=O)COc1ccc(C(=O)/C=C/c2cc3c(cc2Br)OCO3)cc1. The van der Waals surface area contributed by atoms with E-state index in [9.17, 15) is 9.59 Å². The first-order chi connectivity index (χ1) is 12.9. The normalized spacial score (nSPS) is 12.3. The van der Waals surface area contributed by atoms with E-state index in [1.165, 1.54) is 11.0 Å². The minimum absolute atomic E-state index is 0.0433. The van der Waals surface area contributed by atoms with E-state index in [0.29, 0.717) is 22.8 Å². The molecule has 0 bridgehead atoms. The highest BCUT2D eigenvalue weighted by atomic mass is 79.9. The minimum Gasteiger partial charge on any atom is -0.484 e. The summed E-state index contributed by atoms with van der Waals surface area (Å²) in [5, 5.41) is 0. The van der Waals surface area contributed by atoms with Crippen molar-refractivity contribution in [1.29, 1.82) is 0 Å². The Bertz CT molecular complexity index is 890. The third kappa shape index (κ3) is 4.68. The predicted molar refractivity (Wildman–Crippen MR) is 104 cm³/mol. The summed E-state index contributed by atoms with van der Waals surface area (Å²) in [7, 11) is 3.33. The molecule has 0 aromatic heterocycles. The van der Waals surface area contributed by atoms with Crippen molar-refractivity contribution in [2.75, 3.05) is 27.5 Å². The van der Waals surface area contributed by atoms with E-state index in [1.807, 2.05) is 12.1 Å². The molecule has 1 heterocycles. The molecule has 0 spiro atoms. The summed E-state index contributed by atoms with van der Waals surface area (Å²) in [5.41, 5.74) is 1.34. The molecule has 1 aliphatic rings. The molecule has 0 fully saturated rings. The van der Waals surface area contributed by atoms with Gasteiger partial charge in [-0.3, -0.25) is 9.59 Å². The van der Waals surface area contributed by atoms with Crippen LogP contribution in [-0.4, -0.2) is 44.1 Å². The molecule has 6 nitrogen and oxygen atoms in total. The Kier molecular flexibility index (Phi) is 5.81. The van der Waals surface area contributed by atoms with Gasteiger partial charge in [0.1, 0.15) is 5.75 Å². The smallest absolute Gasteiger partial charge is 0.259 e. The van der Waals surface area contributed by atoms with Crippen molar-refractivity contribution >= 4 is 33.7 Å². The van der Waals surface area contributed by atoms with Crippen molar-refractivity contribution in [3.05, 3.63) is 58.1 Å². The van der Waals surface area contributed by atoms with Gasteiger partial charge in [0.05, 0.1) is 0 Å². The van der Waals surface area contributed by atoms with Crippen LogP contribution in [0.5, 0.6) is 17.2 Å². The predicted octanol–water partition coefficient (Wildman–Crippen LogP) is 3.54. The molecule has 1 amide bonds. The molecule has 0 unspecified atom stereocenters. The van der Waals surface area contributed by atoms with Crippen molar-refractivity contribution < 1.29 is 23.8 Å². The number of rotatable bonds is 6. The quantitative estimate of drug-likeness (QED) is 0.516. The third-order valence-corrected chi connectivity index (χ3v) is 4.59. The highest BCUT2D eigenvalue weighted by Crippen LogP contribution is 2.37. The lowest BCUT2D eigenvalue weighted by molar-refractivity contribution is -0.130. The molecule has 0 aliphatic carbocycles. The van der Waals surface area contributed by atoms with Gasteiger partial charge in [0.15, 0.2) is 23.9 Å². The molecule has 2 aromatic carbocycles. The second kappa shape index (κ2) is 8.26. The fourth-order valence-electron chi connectivity index (χ4n) is 2.31. The lowest BCUT2D eigenvalue weighted by Gasteiger charge is -2.11. The largest absolute Gasteiger partial charge is 0.484 e. The maximum atomic E-state index is 12.4. The van der Waals surface area contributed by atoms with Crippen molar-refractivity contribution in [1.82, 2.24) is 4.90 Å². The number of carbonyl (C=O) groups is 2. The topological polar surface area (TPSA) is 65.1 Å². The highest BCUT2D eigenvalue weighted by molar-refractivity contribution is 9.10. The zero-order valence-electron chi connectivity index (χ0n) is 14.9. The van der Waals surface area contributed by atoms with Crippen LogP contribution >= 0.6 is 15.9 Å². The van der Waals surface area contributed by atoms with Crippen molar-refractivity contribution in [2.45, 2.75) is 0 Å². The first-order valence-corrected chi connectivity index (χ1v) is 8.98. The number of ether oxygens (including phenoxy) is 3. The molecule has 0 radical (unpaired) electrons. The van der Waals surface area contributed by atoms with Gasteiger partial charge in [0.25, 0.3) is 5.91 Å². The first-order valence-electron chi connectivity index (χ1n) is 8.18. The van der Waals surface area contributed by atoms with Crippen molar-refractivity contribution in [2.24, 2.45) is 0 Å². The van der Waals surface area contributed by atoms with Crippen LogP contribution in [0.2, 0.25) is 0 Å². The van der Waals surface area contributed by atoms with Gasteiger partial charge in [-0.1, -0.05) is 15.9 Å². The number of hydrogen-bond acceptors (Lipinski definition) is 5. The van der Waals surface area contributed by atoms with Gasteiger partial charge in [-0.25, -0.2) is 0 Å². The zero-order valence-corrected chi connectivity index (χ0v) is 16.5. The molecule has 7 heteroatoms. The number of hydrogen-bond donors (Lipinski definition) is 0. The van der Waals surface area contributed by atoms with Gasteiger partial charge in [-0.2, -0.15) is 0 Å². The van der Waals surface area contributed by atoms with Gasteiger partial charge in [0, 0.05) is 24.1 Å². The van der Waals surface area contributed by atoms with Crippen LogP contribution in [0, 0.1) is 0 Å². The van der Waals surface area contributed by atoms with E-state index in [-0.39, 0.29) is 25.1 Å². The summed E-state index contributed by atoms with van der Waals surface area (Å²) >= 11 is 3.46. The Hall–Kier alpha value is -2.80. The minimum atomic E-state index is -0.143. The Morgan fingerprint density at radius 3 is 2.48 bits per heavy atom. The molecule has 0 saturated heterocycles. The van der Waals surface area contributed by atoms with Crippen molar-refractivity contribution in [3.63, 3.8) is 0 Å². The Labute approximate surface area is 165 Å². The van der Waals surface area contributed by atoms with Crippen LogP contribution in [0.4, 0.5) is 0 Å². The van der Waals surface area contributed by atoms with Crippen LogP contribution in [-0.2, 0) is 4.79 Å². The lowest BCUT2D eigenvalue weighted by atomic mass is 10.1. The molecule has 0 N–H and O–H groups in total. The number of halogens is 1. The monoisotopic (exact) mass is 431 g/mol. The first kappa shape index (κ1) is 19.0. The molecular formula is C20H18BrNO5. The zero-order chi connectivity index (χ0) is 19.4. The summed E-state index contributed by atoms with van der Waals surface area (Å²) in [6.45, 7) is 0.154. The van der Waals surface area contributed by atoms with Gasteiger partial charge in [-0.05, 0) is 54.1 Å². The number of likely N-dealkylation sites (N-methyl/N-ethyl adjacent to an activating group) is 1. The van der Waals surface area contributed by atoms with Crippen LogP contribution < -0.4 is 14.2 Å². The molecule has 140 valence electrons. The number of benzene rings is 2. The van der Waals surface area contributed by atoms with E-state index < -0.39 is 0 Å². The van der Waals surface area contributed by atoms with Crippen molar-refractivity contribution in [3.8, 4) is 17.2 Å². The summed E-state index contributed by atoms with van der Waals surface area (Å²) in [6, 6.07) is 10.3. The maximum absolute atomic E-state index is 12.4. The number of ketones is 1. The summed E-state index contributed by atoms with van der Waals surface area (Å²) in [6.07, 6.45) is 3.21. The summed E-state index contributed by atoms with van der Waals surface area (Å²) < 4.78 is 16.9. The van der Waals surface area contributed by atoms with Crippen LogP contribution in [0.15, 0.2) is 46.9 Å². The molecule has 0 atom stereocenters.